The Balaban J connectivity index is 2.54. The van der Waals surface area contributed by atoms with Crippen molar-refractivity contribution in [3.05, 3.63) is 0 Å². The lowest BCUT2D eigenvalue weighted by molar-refractivity contribution is -0.162. The van der Waals surface area contributed by atoms with E-state index in [1.54, 1.807) is 0 Å². The second-order valence-corrected chi connectivity index (χ2v) is 3.26. The molecule has 0 aliphatic carbocycles. The molecule has 1 saturated heterocycles. The third kappa shape index (κ3) is 1.31. The molecule has 2 unspecified atom stereocenters. The van der Waals surface area contributed by atoms with Crippen molar-refractivity contribution in [2.24, 2.45) is 11.8 Å². The van der Waals surface area contributed by atoms with Crippen LogP contribution in [0.25, 0.3) is 0 Å². The molecule has 0 radical (unpaired) electrons. The van der Waals surface area contributed by atoms with Crippen molar-refractivity contribution in [1.29, 1.82) is 0 Å². The predicted octanol–water partition coefficient (Wildman–Crippen LogP) is 1.59. The van der Waals surface area contributed by atoms with Crippen molar-refractivity contribution in [3.63, 3.8) is 0 Å². The minimum Gasteiger partial charge on any atom is -0.462 e. The Labute approximate surface area is 61.6 Å². The molecule has 0 aromatic carbocycles. The molecule has 58 valence electrons. The van der Waals surface area contributed by atoms with Crippen LogP contribution in [-0.4, -0.2) is 12.1 Å². The van der Waals surface area contributed by atoms with Crippen molar-refractivity contribution in [2.75, 3.05) is 0 Å². The monoisotopic (exact) mass is 142 g/mol. The van der Waals surface area contributed by atoms with Gasteiger partial charge < -0.3 is 4.74 Å². The number of carbonyl (C=O) groups excluding carboxylic acids is 1. The van der Waals surface area contributed by atoms with Gasteiger partial charge in [0, 0.05) is 0 Å². The number of cyclic esters (lactones) is 1. The first-order valence-electron chi connectivity index (χ1n) is 3.81. The second kappa shape index (κ2) is 2.60. The zero-order chi connectivity index (χ0) is 7.72. The first-order valence-corrected chi connectivity index (χ1v) is 3.81. The minimum absolute atomic E-state index is 0.0365. The minimum atomic E-state index is -0.0365. The van der Waals surface area contributed by atoms with E-state index in [1.807, 2.05) is 13.8 Å². The quantitative estimate of drug-likeness (QED) is 0.480. The van der Waals surface area contributed by atoms with Crippen molar-refractivity contribution in [1.82, 2.24) is 0 Å². The van der Waals surface area contributed by atoms with Gasteiger partial charge in [0.05, 0.1) is 5.92 Å². The standard InChI is InChI=1S/C8H14O2/c1-5-4-6(2)8(9)10-7(5)3/h5-7H,4H2,1-3H3/t5-,6?,7?/m0/s1. The number of hydrogen-bond acceptors (Lipinski definition) is 2. The highest BCUT2D eigenvalue weighted by molar-refractivity contribution is 5.72. The summed E-state index contributed by atoms with van der Waals surface area (Å²) in [5, 5.41) is 0. The van der Waals surface area contributed by atoms with Gasteiger partial charge in [-0.1, -0.05) is 13.8 Å². The van der Waals surface area contributed by atoms with Crippen LogP contribution in [0.1, 0.15) is 27.2 Å². The highest BCUT2D eigenvalue weighted by atomic mass is 16.5. The molecule has 3 atom stereocenters. The van der Waals surface area contributed by atoms with Gasteiger partial charge in [0.25, 0.3) is 0 Å². The summed E-state index contributed by atoms with van der Waals surface area (Å²) in [5.41, 5.74) is 0. The van der Waals surface area contributed by atoms with Crippen molar-refractivity contribution < 1.29 is 9.53 Å². The van der Waals surface area contributed by atoms with Gasteiger partial charge in [-0.05, 0) is 19.3 Å². The lowest BCUT2D eigenvalue weighted by Gasteiger charge is -2.29. The lowest BCUT2D eigenvalue weighted by Crippen LogP contribution is -2.33. The number of ether oxygens (including phenoxy) is 1. The Bertz CT molecular complexity index is 142. The summed E-state index contributed by atoms with van der Waals surface area (Å²) in [5.74, 6) is 0.587. The SMILES string of the molecule is CC1C[C@H](C)C(C)OC1=O. The molecule has 1 aliphatic rings. The van der Waals surface area contributed by atoms with Gasteiger partial charge in [0.2, 0.25) is 0 Å². The molecule has 0 aromatic heterocycles. The Morgan fingerprint density at radius 2 is 2.00 bits per heavy atom. The van der Waals surface area contributed by atoms with E-state index in [1.165, 1.54) is 0 Å². The average molecular weight is 142 g/mol. The smallest absolute Gasteiger partial charge is 0.308 e. The van der Waals surface area contributed by atoms with Gasteiger partial charge in [-0.15, -0.1) is 0 Å². The van der Waals surface area contributed by atoms with E-state index in [4.69, 9.17) is 4.74 Å². The topological polar surface area (TPSA) is 26.3 Å². The van der Waals surface area contributed by atoms with Gasteiger partial charge >= 0.3 is 5.97 Å². The van der Waals surface area contributed by atoms with Crippen LogP contribution in [-0.2, 0) is 9.53 Å². The zero-order valence-electron chi connectivity index (χ0n) is 6.76. The molecular formula is C8H14O2. The van der Waals surface area contributed by atoms with Crippen LogP contribution in [0, 0.1) is 11.8 Å². The lowest BCUT2D eigenvalue weighted by atomic mass is 9.91. The highest BCUT2D eigenvalue weighted by Gasteiger charge is 2.29. The third-order valence-electron chi connectivity index (χ3n) is 2.23. The molecule has 10 heavy (non-hydrogen) atoms. The fourth-order valence-corrected chi connectivity index (χ4v) is 1.26. The van der Waals surface area contributed by atoms with Crippen LogP contribution < -0.4 is 0 Å². The fraction of sp³-hybridized carbons (Fsp3) is 0.875. The van der Waals surface area contributed by atoms with Gasteiger partial charge in [0.1, 0.15) is 6.10 Å². The Hall–Kier alpha value is -0.530. The Kier molecular flexibility index (Phi) is 1.97. The fourth-order valence-electron chi connectivity index (χ4n) is 1.26. The molecule has 2 nitrogen and oxygen atoms in total. The molecular weight excluding hydrogens is 128 g/mol. The van der Waals surface area contributed by atoms with Crippen LogP contribution >= 0.6 is 0 Å². The number of carbonyl (C=O) groups is 1. The average Bonchev–Trinajstić information content (AvgIpc) is 1.84. The zero-order valence-corrected chi connectivity index (χ0v) is 6.76. The molecule has 1 rings (SSSR count). The Morgan fingerprint density at radius 3 is 2.50 bits per heavy atom. The summed E-state index contributed by atoms with van der Waals surface area (Å²) < 4.78 is 5.07. The van der Waals surface area contributed by atoms with Gasteiger partial charge in [-0.25, -0.2) is 0 Å². The predicted molar refractivity (Wildman–Crippen MR) is 38.5 cm³/mol. The maximum Gasteiger partial charge on any atom is 0.308 e. The van der Waals surface area contributed by atoms with E-state index in [0.717, 1.165) is 6.42 Å². The summed E-state index contributed by atoms with van der Waals surface area (Å²) in [7, 11) is 0. The highest BCUT2D eigenvalue weighted by Crippen LogP contribution is 2.24. The molecule has 0 saturated carbocycles. The largest absolute Gasteiger partial charge is 0.462 e. The van der Waals surface area contributed by atoms with Crippen molar-refractivity contribution in [3.8, 4) is 0 Å². The van der Waals surface area contributed by atoms with E-state index in [2.05, 4.69) is 6.92 Å². The molecule has 1 aliphatic heterocycles. The number of rotatable bonds is 0. The van der Waals surface area contributed by atoms with E-state index in [0.29, 0.717) is 5.92 Å². The normalized spacial score (nSPS) is 41.1. The van der Waals surface area contributed by atoms with Crippen LogP contribution in [0.2, 0.25) is 0 Å². The molecule has 0 amide bonds. The maximum absolute atomic E-state index is 10.9. The van der Waals surface area contributed by atoms with Crippen molar-refractivity contribution >= 4 is 5.97 Å². The third-order valence-corrected chi connectivity index (χ3v) is 2.23. The molecule has 0 N–H and O–H groups in total. The molecule has 0 bridgehead atoms. The first-order chi connectivity index (χ1) is 4.61. The first kappa shape index (κ1) is 7.58. The number of esters is 1. The summed E-state index contributed by atoms with van der Waals surface area (Å²) in [4.78, 5) is 10.9. The molecule has 0 aromatic rings. The van der Waals surface area contributed by atoms with E-state index in [9.17, 15) is 4.79 Å². The van der Waals surface area contributed by atoms with E-state index in [-0.39, 0.29) is 18.0 Å². The second-order valence-electron chi connectivity index (χ2n) is 3.26. The summed E-state index contributed by atoms with van der Waals surface area (Å²) in [6, 6.07) is 0. The molecule has 0 spiro atoms. The molecule has 1 heterocycles. The van der Waals surface area contributed by atoms with Crippen LogP contribution in [0.15, 0.2) is 0 Å². The van der Waals surface area contributed by atoms with Gasteiger partial charge in [-0.3, -0.25) is 4.79 Å². The van der Waals surface area contributed by atoms with E-state index >= 15 is 0 Å². The molecule has 2 heteroatoms. The summed E-state index contributed by atoms with van der Waals surface area (Å²) in [6.07, 6.45) is 1.09. The maximum atomic E-state index is 10.9. The van der Waals surface area contributed by atoms with E-state index < -0.39 is 0 Å². The molecule has 1 fully saturated rings. The summed E-state index contributed by atoms with van der Waals surface area (Å²) >= 11 is 0. The van der Waals surface area contributed by atoms with Crippen molar-refractivity contribution in [2.45, 2.75) is 33.3 Å². The van der Waals surface area contributed by atoms with Crippen LogP contribution in [0.4, 0.5) is 0 Å². The van der Waals surface area contributed by atoms with Crippen LogP contribution in [0.3, 0.4) is 0 Å². The van der Waals surface area contributed by atoms with Gasteiger partial charge in [-0.2, -0.15) is 0 Å². The van der Waals surface area contributed by atoms with Crippen LogP contribution in [0.5, 0.6) is 0 Å². The van der Waals surface area contributed by atoms with Gasteiger partial charge in [0.15, 0.2) is 0 Å². The number of hydrogen-bond donors (Lipinski definition) is 0. The summed E-state index contributed by atoms with van der Waals surface area (Å²) in [6.45, 7) is 5.99. The Morgan fingerprint density at radius 1 is 1.40 bits per heavy atom.